The molecular formula is C22H24N2O5. The highest BCUT2D eigenvalue weighted by atomic mass is 16.5. The van der Waals surface area contributed by atoms with Crippen molar-refractivity contribution in [3.63, 3.8) is 0 Å². The third-order valence-corrected chi connectivity index (χ3v) is 4.84. The molecule has 1 amide bonds. The van der Waals surface area contributed by atoms with E-state index in [4.69, 9.17) is 9.84 Å². The molecule has 0 bridgehead atoms. The minimum Gasteiger partial charge on any atom is -0.507 e. The van der Waals surface area contributed by atoms with Crippen LogP contribution in [0.4, 0.5) is 0 Å². The van der Waals surface area contributed by atoms with Crippen LogP contribution in [0.5, 0.6) is 5.75 Å². The molecule has 1 aliphatic heterocycles. The number of hydrogen-bond donors (Lipinski definition) is 3. The number of aliphatic hydroxyl groups is 2. The predicted molar refractivity (Wildman–Crippen MR) is 108 cm³/mol. The van der Waals surface area contributed by atoms with Crippen LogP contribution in [0.15, 0.2) is 60.2 Å². The zero-order chi connectivity index (χ0) is 20.8. The molecule has 0 saturated carbocycles. The number of Topliss-reactive ketones (excluding diaryl/α,β-unsaturated/α-hetero) is 1. The maximum atomic E-state index is 12.9. The number of nitrogens with zero attached hydrogens (tertiary/aromatic N) is 1. The minimum atomic E-state index is -0.776. The van der Waals surface area contributed by atoms with E-state index in [1.165, 1.54) is 12.0 Å². The molecule has 3 rings (SSSR count). The van der Waals surface area contributed by atoms with Crippen LogP contribution in [0.3, 0.4) is 0 Å². The molecule has 3 N–H and O–H groups in total. The molecular weight excluding hydrogens is 372 g/mol. The van der Waals surface area contributed by atoms with Gasteiger partial charge >= 0.3 is 0 Å². The van der Waals surface area contributed by atoms with Gasteiger partial charge in [-0.3, -0.25) is 9.59 Å². The van der Waals surface area contributed by atoms with Crippen molar-refractivity contribution in [2.24, 2.45) is 0 Å². The van der Waals surface area contributed by atoms with Gasteiger partial charge in [0.05, 0.1) is 25.3 Å². The summed E-state index contributed by atoms with van der Waals surface area (Å²) in [5.74, 6) is -1.11. The van der Waals surface area contributed by atoms with Gasteiger partial charge in [0, 0.05) is 30.8 Å². The van der Waals surface area contributed by atoms with Crippen molar-refractivity contribution in [1.29, 1.82) is 0 Å². The molecule has 7 nitrogen and oxygen atoms in total. The summed E-state index contributed by atoms with van der Waals surface area (Å²) < 4.78 is 5.45. The van der Waals surface area contributed by atoms with E-state index in [0.717, 1.165) is 0 Å². The lowest BCUT2D eigenvalue weighted by Crippen LogP contribution is -2.36. The van der Waals surface area contributed by atoms with Crippen LogP contribution < -0.4 is 10.1 Å². The molecule has 0 aliphatic carbocycles. The van der Waals surface area contributed by atoms with Crippen molar-refractivity contribution in [2.75, 3.05) is 33.4 Å². The second kappa shape index (κ2) is 9.36. The summed E-state index contributed by atoms with van der Waals surface area (Å²) in [7, 11) is 1.52. The number of para-hydroxylation sites is 1. The van der Waals surface area contributed by atoms with Gasteiger partial charge in [-0.25, -0.2) is 0 Å². The first-order valence-electron chi connectivity index (χ1n) is 9.38. The van der Waals surface area contributed by atoms with Gasteiger partial charge in [-0.2, -0.15) is 0 Å². The average molecular weight is 396 g/mol. The van der Waals surface area contributed by atoms with Crippen molar-refractivity contribution < 1.29 is 24.5 Å². The highest BCUT2D eigenvalue weighted by molar-refractivity contribution is 6.46. The zero-order valence-corrected chi connectivity index (χ0v) is 16.2. The Labute approximate surface area is 169 Å². The van der Waals surface area contributed by atoms with Crippen molar-refractivity contribution in [3.8, 4) is 5.75 Å². The van der Waals surface area contributed by atoms with E-state index in [1.807, 2.05) is 0 Å². The van der Waals surface area contributed by atoms with Gasteiger partial charge in [0.1, 0.15) is 11.5 Å². The highest BCUT2D eigenvalue weighted by Gasteiger charge is 2.46. The SMILES string of the molecule is COc1ccccc1C1C(=C(O)c2ccccc2)C(=O)C(=O)N1CCNCCO. The number of methoxy groups -OCH3 is 1. The number of carbonyl (C=O) groups is 2. The van der Waals surface area contributed by atoms with Crippen molar-refractivity contribution in [2.45, 2.75) is 6.04 Å². The molecule has 29 heavy (non-hydrogen) atoms. The summed E-state index contributed by atoms with van der Waals surface area (Å²) in [5, 5.41) is 22.9. The number of carbonyl (C=O) groups excluding carboxylic acids is 2. The topological polar surface area (TPSA) is 99.1 Å². The van der Waals surface area contributed by atoms with Gasteiger partial charge in [-0.05, 0) is 6.07 Å². The summed E-state index contributed by atoms with van der Waals surface area (Å²) in [6.07, 6.45) is 0. The Kier molecular flexibility index (Phi) is 6.64. The molecule has 2 aromatic rings. The van der Waals surface area contributed by atoms with Gasteiger partial charge in [0.15, 0.2) is 0 Å². The maximum absolute atomic E-state index is 12.9. The Hall–Kier alpha value is -3.16. The van der Waals surface area contributed by atoms with Crippen molar-refractivity contribution in [1.82, 2.24) is 10.2 Å². The van der Waals surface area contributed by atoms with E-state index >= 15 is 0 Å². The normalized spacial score (nSPS) is 18.3. The Morgan fingerprint density at radius 1 is 1.07 bits per heavy atom. The quantitative estimate of drug-likeness (QED) is 0.272. The lowest BCUT2D eigenvalue weighted by atomic mass is 9.94. The van der Waals surface area contributed by atoms with E-state index in [1.54, 1.807) is 54.6 Å². The Balaban J connectivity index is 2.10. The van der Waals surface area contributed by atoms with Gasteiger partial charge in [-0.15, -0.1) is 0 Å². The first-order valence-corrected chi connectivity index (χ1v) is 9.38. The predicted octanol–water partition coefficient (Wildman–Crippen LogP) is 1.70. The van der Waals surface area contributed by atoms with Crippen LogP contribution in [-0.4, -0.2) is 60.2 Å². The summed E-state index contributed by atoms with van der Waals surface area (Å²) in [6.45, 7) is 0.986. The number of hydrogen-bond acceptors (Lipinski definition) is 6. The Morgan fingerprint density at radius 2 is 1.76 bits per heavy atom. The molecule has 1 heterocycles. The molecule has 1 atom stereocenters. The molecule has 1 unspecified atom stereocenters. The summed E-state index contributed by atoms with van der Waals surface area (Å²) in [4.78, 5) is 27.1. The van der Waals surface area contributed by atoms with Crippen molar-refractivity contribution >= 4 is 17.4 Å². The largest absolute Gasteiger partial charge is 0.507 e. The van der Waals surface area contributed by atoms with E-state index in [9.17, 15) is 14.7 Å². The first kappa shape index (κ1) is 20.6. The summed E-state index contributed by atoms with van der Waals surface area (Å²) in [5.41, 5.74) is 1.12. The number of ether oxygens (including phenoxy) is 1. The number of aliphatic hydroxyl groups excluding tert-OH is 2. The van der Waals surface area contributed by atoms with Gasteiger partial charge in [0.25, 0.3) is 11.7 Å². The van der Waals surface area contributed by atoms with E-state index in [-0.39, 0.29) is 24.5 Å². The van der Waals surface area contributed by atoms with E-state index in [0.29, 0.717) is 30.0 Å². The van der Waals surface area contributed by atoms with Crippen LogP contribution in [0.1, 0.15) is 17.2 Å². The van der Waals surface area contributed by atoms with Crippen LogP contribution in [0.25, 0.3) is 5.76 Å². The lowest BCUT2D eigenvalue weighted by Gasteiger charge is -2.26. The second-order valence-electron chi connectivity index (χ2n) is 6.57. The fourth-order valence-corrected chi connectivity index (χ4v) is 3.48. The number of likely N-dealkylation sites (tertiary alicyclic amines) is 1. The summed E-state index contributed by atoms with van der Waals surface area (Å²) >= 11 is 0. The number of nitrogens with one attached hydrogen (secondary N) is 1. The van der Waals surface area contributed by atoms with E-state index < -0.39 is 17.7 Å². The third kappa shape index (κ3) is 4.16. The molecule has 1 fully saturated rings. The van der Waals surface area contributed by atoms with E-state index in [2.05, 4.69) is 5.32 Å². The molecule has 2 aromatic carbocycles. The third-order valence-electron chi connectivity index (χ3n) is 4.84. The number of rotatable bonds is 8. The molecule has 0 spiro atoms. The number of ketones is 1. The smallest absolute Gasteiger partial charge is 0.295 e. The Bertz CT molecular complexity index is 910. The summed E-state index contributed by atoms with van der Waals surface area (Å²) in [6, 6.07) is 15.0. The standard InChI is InChI=1S/C22H24N2O5/c1-29-17-10-6-5-9-16(17)19-18(20(26)15-7-3-2-4-8-15)21(27)22(28)24(19)13-11-23-12-14-25/h2-10,19,23,25-26H,11-14H2,1H3. The molecule has 152 valence electrons. The van der Waals surface area contributed by atoms with Crippen molar-refractivity contribution in [3.05, 3.63) is 71.3 Å². The Morgan fingerprint density at radius 3 is 2.45 bits per heavy atom. The van der Waals surface area contributed by atoms with Crippen LogP contribution >= 0.6 is 0 Å². The minimum absolute atomic E-state index is 0.0250. The molecule has 7 heteroatoms. The second-order valence-corrected chi connectivity index (χ2v) is 6.57. The molecule has 1 saturated heterocycles. The first-order chi connectivity index (χ1) is 14.1. The number of benzene rings is 2. The van der Waals surface area contributed by atoms with Crippen LogP contribution in [0, 0.1) is 0 Å². The maximum Gasteiger partial charge on any atom is 0.295 e. The van der Waals surface area contributed by atoms with Crippen LogP contribution in [0.2, 0.25) is 0 Å². The highest BCUT2D eigenvalue weighted by Crippen LogP contribution is 2.42. The van der Waals surface area contributed by atoms with Gasteiger partial charge < -0.3 is 25.2 Å². The van der Waals surface area contributed by atoms with Gasteiger partial charge in [0.2, 0.25) is 0 Å². The van der Waals surface area contributed by atoms with Crippen LogP contribution in [-0.2, 0) is 9.59 Å². The lowest BCUT2D eigenvalue weighted by molar-refractivity contribution is -0.139. The fourth-order valence-electron chi connectivity index (χ4n) is 3.48. The molecule has 1 aliphatic rings. The molecule has 0 aromatic heterocycles. The average Bonchev–Trinajstić information content (AvgIpc) is 3.01. The van der Waals surface area contributed by atoms with Gasteiger partial charge in [-0.1, -0.05) is 48.5 Å². The fraction of sp³-hybridized carbons (Fsp3) is 0.273. The molecule has 0 radical (unpaired) electrons. The number of amides is 1. The zero-order valence-electron chi connectivity index (χ0n) is 16.2. The monoisotopic (exact) mass is 396 g/mol.